The van der Waals surface area contributed by atoms with E-state index in [0.29, 0.717) is 12.0 Å². The molecule has 1 nitrogen and oxygen atoms in total. The molecule has 2 aromatic carbocycles. The lowest BCUT2D eigenvalue weighted by atomic mass is 9.79. The van der Waals surface area contributed by atoms with E-state index in [9.17, 15) is 30.7 Å². The van der Waals surface area contributed by atoms with Crippen LogP contribution in [0, 0.1) is 23.3 Å². The molecule has 1 aliphatic carbocycles. The van der Waals surface area contributed by atoms with Crippen molar-refractivity contribution in [2.75, 3.05) is 0 Å². The van der Waals surface area contributed by atoms with E-state index < -0.39 is 41.3 Å². The number of alkyl halides is 3. The maximum Gasteiger partial charge on any atom is 0.573 e. The average molecular weight is 420 g/mol. The lowest BCUT2D eigenvalue weighted by molar-refractivity contribution is -0.276. The van der Waals surface area contributed by atoms with Crippen LogP contribution in [0.1, 0.15) is 54.4 Å². The highest BCUT2D eigenvalue weighted by molar-refractivity contribution is 5.43. The highest BCUT2D eigenvalue weighted by Gasteiger charge is 2.36. The fraction of sp³-hybridized carbons (Fsp3) is 0.429. The molecule has 0 N–H and O–H groups in total. The van der Waals surface area contributed by atoms with Crippen LogP contribution in [0.25, 0.3) is 0 Å². The Morgan fingerprint density at radius 3 is 2.24 bits per heavy atom. The van der Waals surface area contributed by atoms with E-state index >= 15 is 0 Å². The molecule has 8 heteroatoms. The Hall–Kier alpha value is -2.25. The first-order valence-corrected chi connectivity index (χ1v) is 9.34. The minimum absolute atomic E-state index is 0.0830. The molecule has 0 fully saturated rings. The van der Waals surface area contributed by atoms with Gasteiger partial charge in [-0.05, 0) is 72.9 Å². The first-order chi connectivity index (χ1) is 13.6. The summed E-state index contributed by atoms with van der Waals surface area (Å²) in [7, 11) is 0. The van der Waals surface area contributed by atoms with E-state index in [4.69, 9.17) is 0 Å². The molecule has 1 atom stereocenters. The van der Waals surface area contributed by atoms with Gasteiger partial charge in [0.25, 0.3) is 0 Å². The molecule has 1 aliphatic rings. The summed E-state index contributed by atoms with van der Waals surface area (Å²) in [6.07, 6.45) is -3.09. The third-order valence-electron chi connectivity index (χ3n) is 5.16. The second kappa shape index (κ2) is 8.24. The molecule has 0 radical (unpaired) electrons. The van der Waals surface area contributed by atoms with Crippen LogP contribution in [0.2, 0.25) is 0 Å². The van der Waals surface area contributed by atoms with Crippen LogP contribution in [0.5, 0.6) is 5.75 Å². The van der Waals surface area contributed by atoms with E-state index in [1.807, 2.05) is 6.92 Å². The monoisotopic (exact) mass is 420 g/mol. The van der Waals surface area contributed by atoms with Crippen molar-refractivity contribution in [3.05, 3.63) is 63.7 Å². The molecule has 3 rings (SSSR count). The molecule has 0 heterocycles. The van der Waals surface area contributed by atoms with Crippen molar-refractivity contribution >= 4 is 0 Å². The van der Waals surface area contributed by atoms with Crippen LogP contribution in [0.15, 0.2) is 18.2 Å². The zero-order valence-electron chi connectivity index (χ0n) is 15.6. The Bertz CT molecular complexity index is 882. The molecule has 0 saturated carbocycles. The van der Waals surface area contributed by atoms with Gasteiger partial charge in [-0.15, -0.1) is 13.2 Å². The molecule has 2 aromatic rings. The first-order valence-electron chi connectivity index (χ1n) is 9.34. The Balaban J connectivity index is 1.90. The Kier molecular flexibility index (Phi) is 6.10. The molecular weight excluding hydrogens is 401 g/mol. The molecule has 0 saturated heterocycles. The molecule has 158 valence electrons. The van der Waals surface area contributed by atoms with Crippen LogP contribution in [-0.2, 0) is 19.3 Å². The normalized spacial score (nSPS) is 16.6. The van der Waals surface area contributed by atoms with Crippen molar-refractivity contribution in [3.63, 3.8) is 0 Å². The van der Waals surface area contributed by atoms with Gasteiger partial charge in [-0.2, -0.15) is 0 Å². The van der Waals surface area contributed by atoms with Crippen LogP contribution in [0.4, 0.5) is 30.7 Å². The minimum atomic E-state index is -5.24. The van der Waals surface area contributed by atoms with E-state index in [1.165, 1.54) is 12.1 Å². The standard InChI is InChI=1S/C21H19F7O/c1-2-3-4-11-7-15(22)18(16(23)8-11)12-5-6-14-13(9-12)10-17(24)20(19(14)25)29-21(26,27)28/h7-8,10,12H,2-6,9H2,1H3. The summed E-state index contributed by atoms with van der Waals surface area (Å²) < 4.78 is 98.1. The lowest BCUT2D eigenvalue weighted by Gasteiger charge is -2.27. The van der Waals surface area contributed by atoms with Gasteiger partial charge in [0.05, 0.1) is 0 Å². The van der Waals surface area contributed by atoms with Crippen molar-refractivity contribution in [1.29, 1.82) is 0 Å². The highest BCUT2D eigenvalue weighted by Crippen LogP contribution is 2.40. The van der Waals surface area contributed by atoms with E-state index in [0.717, 1.165) is 18.9 Å². The number of ether oxygens (including phenoxy) is 1. The van der Waals surface area contributed by atoms with Crippen LogP contribution in [0.3, 0.4) is 0 Å². The maximum atomic E-state index is 14.6. The number of hydrogen-bond donors (Lipinski definition) is 0. The van der Waals surface area contributed by atoms with Crippen LogP contribution < -0.4 is 4.74 Å². The SMILES string of the molecule is CCCCc1cc(F)c(C2CCc3c(cc(F)c(OC(F)(F)F)c3F)C2)c(F)c1. The number of hydrogen-bond acceptors (Lipinski definition) is 1. The van der Waals surface area contributed by atoms with Crippen molar-refractivity contribution in [3.8, 4) is 5.75 Å². The van der Waals surface area contributed by atoms with Gasteiger partial charge in [-0.1, -0.05) is 13.3 Å². The molecule has 0 bridgehead atoms. The Labute approximate surface area is 163 Å². The number of halogens is 7. The zero-order chi connectivity index (χ0) is 21.3. The summed E-state index contributed by atoms with van der Waals surface area (Å²) in [6, 6.07) is 3.28. The van der Waals surface area contributed by atoms with E-state index in [1.54, 1.807) is 0 Å². The molecule has 0 aromatic heterocycles. The van der Waals surface area contributed by atoms with Gasteiger partial charge in [0.2, 0.25) is 5.75 Å². The number of fused-ring (bicyclic) bond motifs is 1. The predicted molar refractivity (Wildman–Crippen MR) is 92.8 cm³/mol. The molecule has 0 aliphatic heterocycles. The largest absolute Gasteiger partial charge is 0.573 e. The van der Waals surface area contributed by atoms with Crippen LogP contribution in [-0.4, -0.2) is 6.36 Å². The topological polar surface area (TPSA) is 9.23 Å². The van der Waals surface area contributed by atoms with Gasteiger partial charge in [-0.25, -0.2) is 17.6 Å². The minimum Gasteiger partial charge on any atom is -0.399 e. The molecule has 0 spiro atoms. The number of benzene rings is 2. The third-order valence-corrected chi connectivity index (χ3v) is 5.16. The van der Waals surface area contributed by atoms with Gasteiger partial charge in [0.1, 0.15) is 11.6 Å². The smallest absolute Gasteiger partial charge is 0.399 e. The molecular formula is C21H19F7O. The Morgan fingerprint density at radius 2 is 1.66 bits per heavy atom. The van der Waals surface area contributed by atoms with Gasteiger partial charge < -0.3 is 4.74 Å². The Morgan fingerprint density at radius 1 is 1.00 bits per heavy atom. The number of aryl methyl sites for hydroxylation is 1. The van der Waals surface area contributed by atoms with Gasteiger partial charge in [0, 0.05) is 5.56 Å². The summed E-state index contributed by atoms with van der Waals surface area (Å²) in [5, 5.41) is 0. The quantitative estimate of drug-likeness (QED) is 0.486. The van der Waals surface area contributed by atoms with Crippen molar-refractivity contribution in [2.24, 2.45) is 0 Å². The molecule has 29 heavy (non-hydrogen) atoms. The number of unbranched alkanes of at least 4 members (excludes halogenated alkanes) is 1. The fourth-order valence-corrected chi connectivity index (χ4v) is 3.83. The second-order valence-corrected chi connectivity index (χ2v) is 7.20. The van der Waals surface area contributed by atoms with Gasteiger partial charge in [-0.3, -0.25) is 0 Å². The highest BCUT2D eigenvalue weighted by atomic mass is 19.4. The first kappa shape index (κ1) is 21.5. The fourth-order valence-electron chi connectivity index (χ4n) is 3.83. The van der Waals surface area contributed by atoms with Crippen molar-refractivity contribution in [1.82, 2.24) is 0 Å². The third kappa shape index (κ3) is 4.67. The van der Waals surface area contributed by atoms with E-state index in [-0.39, 0.29) is 36.0 Å². The summed E-state index contributed by atoms with van der Waals surface area (Å²) in [4.78, 5) is 0. The second-order valence-electron chi connectivity index (χ2n) is 7.20. The average Bonchev–Trinajstić information content (AvgIpc) is 2.62. The van der Waals surface area contributed by atoms with Gasteiger partial charge in [0.15, 0.2) is 11.6 Å². The molecule has 0 amide bonds. The van der Waals surface area contributed by atoms with Gasteiger partial charge >= 0.3 is 6.36 Å². The molecule has 1 unspecified atom stereocenters. The van der Waals surface area contributed by atoms with E-state index in [2.05, 4.69) is 4.74 Å². The summed E-state index contributed by atoms with van der Waals surface area (Å²) in [5.41, 5.74) is 0.335. The summed E-state index contributed by atoms with van der Waals surface area (Å²) in [5.74, 6) is -6.55. The predicted octanol–water partition coefficient (Wildman–Crippen LogP) is 6.76. The lowest BCUT2D eigenvalue weighted by Crippen LogP contribution is -2.22. The summed E-state index contributed by atoms with van der Waals surface area (Å²) in [6.45, 7) is 1.96. The van der Waals surface area contributed by atoms with Crippen LogP contribution >= 0.6 is 0 Å². The summed E-state index contributed by atoms with van der Waals surface area (Å²) >= 11 is 0. The van der Waals surface area contributed by atoms with Crippen molar-refractivity contribution < 1.29 is 35.5 Å². The van der Waals surface area contributed by atoms with Crippen molar-refractivity contribution in [2.45, 2.75) is 57.7 Å². The maximum absolute atomic E-state index is 14.6. The zero-order valence-corrected chi connectivity index (χ0v) is 15.6. The number of rotatable bonds is 5.